The highest BCUT2D eigenvalue weighted by molar-refractivity contribution is 9.10. The van der Waals surface area contributed by atoms with E-state index in [2.05, 4.69) is 39.4 Å². The molecule has 0 aliphatic heterocycles. The lowest BCUT2D eigenvalue weighted by molar-refractivity contribution is 0.236. The Bertz CT molecular complexity index is 367. The summed E-state index contributed by atoms with van der Waals surface area (Å²) in [6.07, 6.45) is 3.56. The van der Waals surface area contributed by atoms with Gasteiger partial charge >= 0.3 is 0 Å². The van der Waals surface area contributed by atoms with Crippen LogP contribution in [-0.2, 0) is 6.42 Å². The monoisotopic (exact) mass is 283 g/mol. The molecule has 1 aliphatic rings. The molecule has 0 aromatic heterocycles. The molecule has 2 rings (SSSR count). The van der Waals surface area contributed by atoms with Crippen LogP contribution in [0.5, 0.6) is 0 Å². The molecular weight excluding hydrogens is 266 g/mol. The molecule has 1 aliphatic carbocycles. The van der Waals surface area contributed by atoms with E-state index >= 15 is 0 Å². The Balaban J connectivity index is 2.21. The van der Waals surface area contributed by atoms with Gasteiger partial charge in [-0.1, -0.05) is 22.0 Å². The van der Waals surface area contributed by atoms with E-state index in [-0.39, 0.29) is 12.6 Å². The van der Waals surface area contributed by atoms with Crippen molar-refractivity contribution in [2.45, 2.75) is 38.3 Å². The lowest BCUT2D eigenvalue weighted by Crippen LogP contribution is -2.34. The first-order valence-electron chi connectivity index (χ1n) is 5.86. The molecule has 1 unspecified atom stereocenters. The van der Waals surface area contributed by atoms with E-state index in [1.54, 1.807) is 0 Å². The molecule has 0 amide bonds. The number of aryl methyl sites for hydroxylation is 1. The summed E-state index contributed by atoms with van der Waals surface area (Å²) < 4.78 is 1.14. The molecule has 0 radical (unpaired) electrons. The number of fused-ring (bicyclic) bond motifs is 1. The normalized spacial score (nSPS) is 21.6. The van der Waals surface area contributed by atoms with E-state index < -0.39 is 0 Å². The van der Waals surface area contributed by atoms with E-state index in [1.165, 1.54) is 24.0 Å². The Kier molecular flexibility index (Phi) is 4.00. The van der Waals surface area contributed by atoms with Crippen LogP contribution >= 0.6 is 15.9 Å². The Morgan fingerprint density at radius 1 is 1.56 bits per heavy atom. The molecule has 0 fully saturated rings. The summed E-state index contributed by atoms with van der Waals surface area (Å²) in [5.41, 5.74) is 2.83. The van der Waals surface area contributed by atoms with Crippen molar-refractivity contribution in [2.75, 3.05) is 6.61 Å². The fourth-order valence-corrected chi connectivity index (χ4v) is 2.72. The standard InChI is InChI=1S/C13H18BrNO/c1-9(8-16)15-13-4-2-3-10-5-6-11(14)7-12(10)13/h5-7,9,13,15-16H,2-4,8H2,1H3/t9-,13?/m0/s1. The topological polar surface area (TPSA) is 32.3 Å². The molecule has 0 spiro atoms. The summed E-state index contributed by atoms with van der Waals surface area (Å²) >= 11 is 3.52. The summed E-state index contributed by atoms with van der Waals surface area (Å²) in [5, 5.41) is 12.6. The predicted octanol–water partition coefficient (Wildman–Crippen LogP) is 2.80. The number of rotatable bonds is 3. The van der Waals surface area contributed by atoms with Crippen LogP contribution in [0.3, 0.4) is 0 Å². The van der Waals surface area contributed by atoms with Gasteiger partial charge < -0.3 is 10.4 Å². The van der Waals surface area contributed by atoms with E-state index in [4.69, 9.17) is 5.11 Å². The number of halogens is 1. The molecule has 1 aromatic carbocycles. The fourth-order valence-electron chi connectivity index (χ4n) is 2.34. The van der Waals surface area contributed by atoms with Crippen molar-refractivity contribution in [3.05, 3.63) is 33.8 Å². The van der Waals surface area contributed by atoms with Gasteiger partial charge in [0.1, 0.15) is 0 Å². The minimum atomic E-state index is 0.162. The average Bonchev–Trinajstić information content (AvgIpc) is 2.29. The first kappa shape index (κ1) is 12.1. The minimum absolute atomic E-state index is 0.162. The highest BCUT2D eigenvalue weighted by Crippen LogP contribution is 2.31. The van der Waals surface area contributed by atoms with E-state index in [9.17, 15) is 0 Å². The fraction of sp³-hybridized carbons (Fsp3) is 0.538. The maximum Gasteiger partial charge on any atom is 0.0582 e. The molecule has 3 heteroatoms. The molecule has 1 aromatic rings. The van der Waals surface area contributed by atoms with Gasteiger partial charge in [-0.15, -0.1) is 0 Å². The van der Waals surface area contributed by atoms with Gasteiger partial charge in [0.15, 0.2) is 0 Å². The smallest absolute Gasteiger partial charge is 0.0582 e. The zero-order valence-corrected chi connectivity index (χ0v) is 11.1. The van der Waals surface area contributed by atoms with Crippen LogP contribution in [-0.4, -0.2) is 17.8 Å². The summed E-state index contributed by atoms with van der Waals surface area (Å²) in [6.45, 7) is 2.21. The molecule has 2 atom stereocenters. The molecule has 0 saturated carbocycles. The number of aliphatic hydroxyl groups excluding tert-OH is 1. The molecule has 2 N–H and O–H groups in total. The summed E-state index contributed by atoms with van der Waals surface area (Å²) in [5.74, 6) is 0. The number of hydrogen-bond donors (Lipinski definition) is 2. The van der Waals surface area contributed by atoms with Crippen LogP contribution in [0.25, 0.3) is 0 Å². The first-order chi connectivity index (χ1) is 7.70. The van der Waals surface area contributed by atoms with Crippen LogP contribution in [0, 0.1) is 0 Å². The van der Waals surface area contributed by atoms with Gasteiger partial charge in [-0.3, -0.25) is 0 Å². The van der Waals surface area contributed by atoms with Crippen molar-refractivity contribution < 1.29 is 5.11 Å². The van der Waals surface area contributed by atoms with Crippen LogP contribution < -0.4 is 5.32 Å². The van der Waals surface area contributed by atoms with E-state index in [0.29, 0.717) is 6.04 Å². The average molecular weight is 284 g/mol. The van der Waals surface area contributed by atoms with Gasteiger partial charge in [0.05, 0.1) is 6.61 Å². The molecular formula is C13H18BrNO. The molecule has 0 heterocycles. The van der Waals surface area contributed by atoms with Crippen LogP contribution in [0.4, 0.5) is 0 Å². The number of nitrogens with one attached hydrogen (secondary N) is 1. The summed E-state index contributed by atoms with van der Waals surface area (Å²) in [6, 6.07) is 7.07. The van der Waals surface area contributed by atoms with Gasteiger partial charge in [-0.05, 0) is 49.4 Å². The molecule has 0 saturated heterocycles. The molecule has 2 nitrogen and oxygen atoms in total. The largest absolute Gasteiger partial charge is 0.395 e. The highest BCUT2D eigenvalue weighted by Gasteiger charge is 2.21. The van der Waals surface area contributed by atoms with Crippen molar-refractivity contribution in [1.82, 2.24) is 5.32 Å². The zero-order valence-electron chi connectivity index (χ0n) is 9.54. The van der Waals surface area contributed by atoms with E-state index in [0.717, 1.165) is 10.9 Å². The Morgan fingerprint density at radius 3 is 3.12 bits per heavy atom. The molecule has 88 valence electrons. The second-order valence-electron chi connectivity index (χ2n) is 4.54. The number of benzene rings is 1. The molecule has 16 heavy (non-hydrogen) atoms. The Morgan fingerprint density at radius 2 is 2.38 bits per heavy atom. The number of aliphatic hydroxyl groups is 1. The van der Waals surface area contributed by atoms with Gasteiger partial charge in [0.2, 0.25) is 0 Å². The van der Waals surface area contributed by atoms with Crippen molar-refractivity contribution in [1.29, 1.82) is 0 Å². The van der Waals surface area contributed by atoms with Gasteiger partial charge in [0.25, 0.3) is 0 Å². The van der Waals surface area contributed by atoms with Gasteiger partial charge in [-0.2, -0.15) is 0 Å². The zero-order chi connectivity index (χ0) is 11.5. The third kappa shape index (κ3) is 2.65. The third-order valence-corrected chi connectivity index (χ3v) is 3.68. The van der Waals surface area contributed by atoms with Crippen LogP contribution in [0.15, 0.2) is 22.7 Å². The first-order valence-corrected chi connectivity index (χ1v) is 6.65. The highest BCUT2D eigenvalue weighted by atomic mass is 79.9. The predicted molar refractivity (Wildman–Crippen MR) is 69.5 cm³/mol. The maximum absolute atomic E-state index is 9.10. The number of hydrogen-bond acceptors (Lipinski definition) is 2. The SMILES string of the molecule is C[C@@H](CO)NC1CCCc2ccc(Br)cc21. The lowest BCUT2D eigenvalue weighted by Gasteiger charge is -2.29. The van der Waals surface area contributed by atoms with Crippen molar-refractivity contribution in [3.8, 4) is 0 Å². The summed E-state index contributed by atoms with van der Waals surface area (Å²) in [7, 11) is 0. The van der Waals surface area contributed by atoms with Crippen LogP contribution in [0.2, 0.25) is 0 Å². The van der Waals surface area contributed by atoms with Gasteiger partial charge in [0, 0.05) is 16.6 Å². The van der Waals surface area contributed by atoms with E-state index in [1.807, 2.05) is 6.92 Å². The summed E-state index contributed by atoms with van der Waals surface area (Å²) in [4.78, 5) is 0. The van der Waals surface area contributed by atoms with Crippen molar-refractivity contribution >= 4 is 15.9 Å². The minimum Gasteiger partial charge on any atom is -0.395 e. The molecule has 0 bridgehead atoms. The Labute approximate surface area is 105 Å². The van der Waals surface area contributed by atoms with Gasteiger partial charge in [-0.25, -0.2) is 0 Å². The maximum atomic E-state index is 9.10. The Hall–Kier alpha value is -0.380. The van der Waals surface area contributed by atoms with Crippen molar-refractivity contribution in [3.63, 3.8) is 0 Å². The van der Waals surface area contributed by atoms with Crippen molar-refractivity contribution in [2.24, 2.45) is 0 Å². The third-order valence-electron chi connectivity index (χ3n) is 3.18. The second-order valence-corrected chi connectivity index (χ2v) is 5.45. The quantitative estimate of drug-likeness (QED) is 0.894. The lowest BCUT2D eigenvalue weighted by atomic mass is 9.87. The second kappa shape index (κ2) is 5.30. The van der Waals surface area contributed by atoms with Crippen LogP contribution in [0.1, 0.15) is 36.9 Å².